The molecule has 0 spiro atoms. The van der Waals surface area contributed by atoms with Crippen molar-refractivity contribution in [2.75, 3.05) is 0 Å². The average Bonchev–Trinajstić information content (AvgIpc) is 2.79. The Labute approximate surface area is 135 Å². The van der Waals surface area contributed by atoms with Gasteiger partial charge in [0.15, 0.2) is 0 Å². The first kappa shape index (κ1) is 17.2. The van der Waals surface area contributed by atoms with Gasteiger partial charge in [0.1, 0.15) is 12.6 Å². The van der Waals surface area contributed by atoms with Crippen molar-refractivity contribution in [1.29, 1.82) is 0 Å². The van der Waals surface area contributed by atoms with Gasteiger partial charge in [0.05, 0.1) is 5.41 Å². The van der Waals surface area contributed by atoms with Crippen molar-refractivity contribution in [2.24, 2.45) is 22.7 Å². The minimum absolute atomic E-state index is 0.0326. The molecule has 0 aromatic heterocycles. The van der Waals surface area contributed by atoms with E-state index in [-0.39, 0.29) is 5.41 Å². The Morgan fingerprint density at radius 1 is 1.36 bits per heavy atom. The van der Waals surface area contributed by atoms with Crippen LogP contribution in [-0.4, -0.2) is 12.6 Å². The Bertz CT molecular complexity index is 498. The molecule has 0 N–H and O–H groups in total. The Kier molecular flexibility index (Phi) is 5.09. The summed E-state index contributed by atoms with van der Waals surface area (Å²) < 4.78 is 0. The summed E-state index contributed by atoms with van der Waals surface area (Å²) in [6, 6.07) is 0. The highest BCUT2D eigenvalue weighted by Gasteiger charge is 2.61. The van der Waals surface area contributed by atoms with Gasteiger partial charge in [-0.25, -0.2) is 0 Å². The number of hydrogen-bond donors (Lipinski definition) is 0. The number of carbonyl (C=O) groups is 2. The largest absolute Gasteiger partial charge is 0.302 e. The Hall–Kier alpha value is -1.18. The molecule has 2 aliphatic rings. The molecule has 0 aromatic carbocycles. The van der Waals surface area contributed by atoms with Gasteiger partial charge in [0.25, 0.3) is 0 Å². The summed E-state index contributed by atoms with van der Waals surface area (Å²) in [4.78, 5) is 23.9. The van der Waals surface area contributed by atoms with Crippen molar-refractivity contribution in [3.05, 3.63) is 23.3 Å². The van der Waals surface area contributed by atoms with Crippen LogP contribution in [0.1, 0.15) is 66.2 Å². The second kappa shape index (κ2) is 6.52. The Morgan fingerprint density at radius 3 is 2.68 bits per heavy atom. The van der Waals surface area contributed by atoms with Crippen molar-refractivity contribution in [1.82, 2.24) is 0 Å². The zero-order valence-corrected chi connectivity index (χ0v) is 14.5. The molecule has 122 valence electrons. The lowest BCUT2D eigenvalue weighted by atomic mass is 9.54. The highest BCUT2D eigenvalue weighted by molar-refractivity contribution is 5.86. The third-order valence-electron chi connectivity index (χ3n) is 6.30. The molecular weight excluding hydrogens is 272 g/mol. The lowest BCUT2D eigenvalue weighted by Crippen LogP contribution is -2.47. The molecule has 1 saturated carbocycles. The highest BCUT2D eigenvalue weighted by atomic mass is 16.1. The summed E-state index contributed by atoms with van der Waals surface area (Å²) in [6.07, 6.45) is 12.6. The minimum atomic E-state index is -0.544. The van der Waals surface area contributed by atoms with Gasteiger partial charge in [-0.15, -0.1) is 0 Å². The van der Waals surface area contributed by atoms with Crippen LogP contribution in [-0.2, 0) is 9.59 Å². The topological polar surface area (TPSA) is 34.1 Å². The van der Waals surface area contributed by atoms with E-state index < -0.39 is 5.41 Å². The van der Waals surface area contributed by atoms with Gasteiger partial charge in [-0.2, -0.15) is 0 Å². The molecule has 0 radical (unpaired) electrons. The molecule has 0 amide bonds. The summed E-state index contributed by atoms with van der Waals surface area (Å²) in [6.45, 7) is 8.73. The maximum atomic E-state index is 12.2. The molecule has 0 aliphatic heterocycles. The fourth-order valence-electron chi connectivity index (χ4n) is 4.98. The predicted molar refractivity (Wildman–Crippen MR) is 90.5 cm³/mol. The van der Waals surface area contributed by atoms with E-state index in [4.69, 9.17) is 0 Å². The van der Waals surface area contributed by atoms with Crippen LogP contribution in [0.25, 0.3) is 0 Å². The van der Waals surface area contributed by atoms with E-state index >= 15 is 0 Å². The molecule has 2 nitrogen and oxygen atoms in total. The van der Waals surface area contributed by atoms with Crippen molar-refractivity contribution in [3.8, 4) is 0 Å². The molecule has 2 aliphatic carbocycles. The maximum Gasteiger partial charge on any atom is 0.146 e. The van der Waals surface area contributed by atoms with Crippen LogP contribution in [0, 0.1) is 22.7 Å². The number of hydrogen-bond acceptors (Lipinski definition) is 2. The fraction of sp³-hybridized carbons (Fsp3) is 0.700. The first-order chi connectivity index (χ1) is 10.4. The third kappa shape index (κ3) is 2.61. The van der Waals surface area contributed by atoms with E-state index in [1.54, 1.807) is 0 Å². The SMILES string of the molecule is CC(C)=CCC[C@@H](C)[C@@H]1CC[C@@]2(C)CCC=C(C=O)[C@@]12C=O. The van der Waals surface area contributed by atoms with E-state index in [0.717, 1.165) is 56.7 Å². The van der Waals surface area contributed by atoms with Crippen molar-refractivity contribution >= 4 is 12.6 Å². The Morgan fingerprint density at radius 2 is 2.09 bits per heavy atom. The quantitative estimate of drug-likeness (QED) is 0.517. The molecule has 0 bridgehead atoms. The van der Waals surface area contributed by atoms with Crippen LogP contribution in [0.5, 0.6) is 0 Å². The second-order valence-electron chi connectivity index (χ2n) is 7.84. The average molecular weight is 302 g/mol. The van der Waals surface area contributed by atoms with Gasteiger partial charge in [0, 0.05) is 5.57 Å². The smallest absolute Gasteiger partial charge is 0.146 e. The van der Waals surface area contributed by atoms with E-state index in [1.807, 2.05) is 6.08 Å². The van der Waals surface area contributed by atoms with Gasteiger partial charge in [-0.1, -0.05) is 31.6 Å². The number of fused-ring (bicyclic) bond motifs is 1. The van der Waals surface area contributed by atoms with Gasteiger partial charge in [-0.3, -0.25) is 4.79 Å². The molecule has 0 saturated heterocycles. The van der Waals surface area contributed by atoms with Crippen molar-refractivity contribution in [2.45, 2.75) is 66.2 Å². The van der Waals surface area contributed by atoms with Gasteiger partial charge >= 0.3 is 0 Å². The van der Waals surface area contributed by atoms with Gasteiger partial charge in [-0.05, 0) is 69.6 Å². The van der Waals surface area contributed by atoms with Gasteiger partial charge in [0.2, 0.25) is 0 Å². The molecular formula is C20H30O2. The van der Waals surface area contributed by atoms with E-state index in [2.05, 4.69) is 33.8 Å². The number of allylic oxidation sites excluding steroid dienone is 4. The van der Waals surface area contributed by atoms with Crippen LogP contribution in [0.3, 0.4) is 0 Å². The molecule has 1 fully saturated rings. The zero-order chi connectivity index (χ0) is 16.4. The van der Waals surface area contributed by atoms with E-state index in [9.17, 15) is 9.59 Å². The molecule has 2 heteroatoms. The number of carbonyl (C=O) groups excluding carboxylic acids is 2. The number of rotatable bonds is 6. The van der Waals surface area contributed by atoms with E-state index in [0.29, 0.717) is 11.8 Å². The predicted octanol–water partition coefficient (Wildman–Crippen LogP) is 4.89. The second-order valence-corrected chi connectivity index (χ2v) is 7.84. The standard InChI is InChI=1S/C20H30O2/c1-15(2)7-5-8-16(3)18-10-12-19(4)11-6-9-17(13-21)20(18,19)14-22/h7,9,13-14,16,18H,5-6,8,10-12H2,1-4H3/t16-,18+,19-,20+/m1/s1. The first-order valence-corrected chi connectivity index (χ1v) is 8.67. The lowest BCUT2D eigenvalue weighted by molar-refractivity contribution is -0.126. The first-order valence-electron chi connectivity index (χ1n) is 8.67. The molecule has 0 unspecified atom stereocenters. The minimum Gasteiger partial charge on any atom is -0.302 e. The highest BCUT2D eigenvalue weighted by Crippen LogP contribution is 2.64. The summed E-state index contributed by atoms with van der Waals surface area (Å²) >= 11 is 0. The van der Waals surface area contributed by atoms with Crippen LogP contribution in [0.4, 0.5) is 0 Å². The fourth-order valence-corrected chi connectivity index (χ4v) is 4.98. The van der Waals surface area contributed by atoms with Crippen LogP contribution < -0.4 is 0 Å². The number of aldehydes is 2. The van der Waals surface area contributed by atoms with Gasteiger partial charge < -0.3 is 4.79 Å². The summed E-state index contributed by atoms with van der Waals surface area (Å²) in [7, 11) is 0. The summed E-state index contributed by atoms with van der Waals surface area (Å²) in [5.41, 5.74) is 1.53. The van der Waals surface area contributed by atoms with E-state index in [1.165, 1.54) is 5.57 Å². The zero-order valence-electron chi connectivity index (χ0n) is 14.5. The van der Waals surface area contributed by atoms with Crippen LogP contribution >= 0.6 is 0 Å². The molecule has 0 heterocycles. The molecule has 22 heavy (non-hydrogen) atoms. The third-order valence-corrected chi connectivity index (χ3v) is 6.30. The van der Waals surface area contributed by atoms with Crippen LogP contribution in [0.15, 0.2) is 23.3 Å². The summed E-state index contributed by atoms with van der Waals surface area (Å²) in [5, 5.41) is 0. The van der Waals surface area contributed by atoms with Crippen LogP contribution in [0.2, 0.25) is 0 Å². The molecule has 4 atom stereocenters. The maximum absolute atomic E-state index is 12.2. The normalized spacial score (nSPS) is 35.3. The lowest BCUT2D eigenvalue weighted by Gasteiger charge is -2.47. The molecule has 0 aromatic rings. The van der Waals surface area contributed by atoms with Crippen molar-refractivity contribution in [3.63, 3.8) is 0 Å². The van der Waals surface area contributed by atoms with Crippen molar-refractivity contribution < 1.29 is 9.59 Å². The molecule has 2 rings (SSSR count). The Balaban J connectivity index is 2.30. The summed E-state index contributed by atoms with van der Waals surface area (Å²) in [5.74, 6) is 0.765. The monoisotopic (exact) mass is 302 g/mol.